The summed E-state index contributed by atoms with van der Waals surface area (Å²) in [6, 6.07) is 14.6. The number of carbonyl (C=O) groups is 5. The van der Waals surface area contributed by atoms with E-state index in [4.69, 9.17) is 4.74 Å². The number of imide groups is 1. The molecule has 3 rings (SSSR count). The summed E-state index contributed by atoms with van der Waals surface area (Å²) < 4.78 is 4.89. The maximum absolute atomic E-state index is 12.5. The molecule has 1 saturated heterocycles. The Balaban J connectivity index is 1.58. The first-order chi connectivity index (χ1) is 15.4. The van der Waals surface area contributed by atoms with Crippen LogP contribution in [0.5, 0.6) is 0 Å². The van der Waals surface area contributed by atoms with Gasteiger partial charge in [0.25, 0.3) is 11.1 Å². The van der Waals surface area contributed by atoms with Crippen molar-refractivity contribution in [3.05, 3.63) is 71.1 Å². The van der Waals surface area contributed by atoms with Crippen LogP contribution in [0.2, 0.25) is 0 Å². The number of amides is 4. The quantitative estimate of drug-likeness (QED) is 0.488. The van der Waals surface area contributed by atoms with E-state index in [0.717, 1.165) is 11.0 Å². The molecule has 1 fully saturated rings. The number of hydrogen-bond acceptors (Lipinski definition) is 7. The monoisotopic (exact) mass is 453 g/mol. The van der Waals surface area contributed by atoms with Crippen LogP contribution in [0.15, 0.2) is 65.6 Å². The van der Waals surface area contributed by atoms with Gasteiger partial charge in [-0.3, -0.25) is 24.1 Å². The van der Waals surface area contributed by atoms with E-state index >= 15 is 0 Å². The molecule has 32 heavy (non-hydrogen) atoms. The van der Waals surface area contributed by atoms with E-state index in [0.29, 0.717) is 28.7 Å². The third kappa shape index (κ3) is 5.82. The molecule has 0 bridgehead atoms. The van der Waals surface area contributed by atoms with Crippen molar-refractivity contribution in [3.63, 3.8) is 0 Å². The molecule has 9 nitrogen and oxygen atoms in total. The second-order valence-corrected chi connectivity index (χ2v) is 7.46. The normalized spacial score (nSPS) is 14.4. The Hall–Kier alpha value is -3.92. The first-order valence-corrected chi connectivity index (χ1v) is 10.4. The number of rotatable bonds is 7. The number of hydrogen-bond donors (Lipinski definition) is 2. The van der Waals surface area contributed by atoms with Crippen molar-refractivity contribution < 1.29 is 28.7 Å². The Labute approximate surface area is 187 Å². The molecule has 0 radical (unpaired) electrons. The molecular formula is C22H19N3O6S. The van der Waals surface area contributed by atoms with Gasteiger partial charge in [0.15, 0.2) is 0 Å². The molecule has 2 aromatic rings. The van der Waals surface area contributed by atoms with Crippen LogP contribution in [0.1, 0.15) is 17.3 Å². The minimum absolute atomic E-state index is 0.0741. The number of nitrogens with one attached hydrogen (secondary N) is 2. The van der Waals surface area contributed by atoms with Gasteiger partial charge in [-0.2, -0.15) is 0 Å². The van der Waals surface area contributed by atoms with Crippen molar-refractivity contribution in [2.24, 2.45) is 0 Å². The molecule has 0 aliphatic carbocycles. The molecule has 2 aromatic carbocycles. The summed E-state index contributed by atoms with van der Waals surface area (Å²) in [5, 5.41) is 4.49. The number of ether oxygens (including phenoxy) is 1. The van der Waals surface area contributed by atoms with Gasteiger partial charge in [-0.1, -0.05) is 18.2 Å². The van der Waals surface area contributed by atoms with Crippen molar-refractivity contribution in [1.82, 2.24) is 4.90 Å². The molecule has 10 heteroatoms. The van der Waals surface area contributed by atoms with Gasteiger partial charge >= 0.3 is 5.97 Å². The van der Waals surface area contributed by atoms with Gasteiger partial charge in [-0.05, 0) is 55.1 Å². The molecule has 0 unspecified atom stereocenters. The smallest absolute Gasteiger partial charge is 0.338 e. The average molecular weight is 453 g/mol. The van der Waals surface area contributed by atoms with Crippen LogP contribution in [-0.2, 0) is 19.1 Å². The molecular weight excluding hydrogens is 434 g/mol. The third-order valence-electron chi connectivity index (χ3n) is 4.16. The molecule has 164 valence electrons. The van der Waals surface area contributed by atoms with Crippen LogP contribution in [0.3, 0.4) is 0 Å². The number of anilines is 2. The van der Waals surface area contributed by atoms with Crippen molar-refractivity contribution in [2.45, 2.75) is 6.92 Å². The fraction of sp³-hybridized carbons (Fsp3) is 0.136. The summed E-state index contributed by atoms with van der Waals surface area (Å²) in [5.41, 5.74) is 1.25. The summed E-state index contributed by atoms with van der Waals surface area (Å²) in [7, 11) is 0. The number of para-hydroxylation sites is 1. The van der Waals surface area contributed by atoms with Gasteiger partial charge in [0.05, 0.1) is 17.1 Å². The van der Waals surface area contributed by atoms with E-state index < -0.39 is 35.5 Å². The summed E-state index contributed by atoms with van der Waals surface area (Å²) in [5.74, 6) is -2.37. The summed E-state index contributed by atoms with van der Waals surface area (Å²) in [6.07, 6.45) is 1.03. The highest BCUT2D eigenvalue weighted by Gasteiger charge is 2.36. The van der Waals surface area contributed by atoms with Gasteiger partial charge in [0.1, 0.15) is 6.54 Å². The van der Waals surface area contributed by atoms with Crippen molar-refractivity contribution in [1.29, 1.82) is 0 Å². The number of thioether (sulfide) groups is 1. The lowest BCUT2D eigenvalue weighted by Crippen LogP contribution is -2.36. The lowest BCUT2D eigenvalue weighted by molar-refractivity contribution is -0.127. The molecule has 4 amide bonds. The van der Waals surface area contributed by atoms with Crippen molar-refractivity contribution in [2.75, 3.05) is 23.8 Å². The van der Waals surface area contributed by atoms with Crippen LogP contribution >= 0.6 is 11.8 Å². The largest absolute Gasteiger partial charge is 0.462 e. The second-order valence-electron chi connectivity index (χ2n) is 6.47. The molecule has 0 atom stereocenters. The Kier molecular flexibility index (Phi) is 7.40. The third-order valence-corrected chi connectivity index (χ3v) is 5.07. The van der Waals surface area contributed by atoms with Gasteiger partial charge in [-0.15, -0.1) is 0 Å². The predicted molar refractivity (Wildman–Crippen MR) is 119 cm³/mol. The molecule has 0 spiro atoms. The predicted octanol–water partition coefficient (Wildman–Crippen LogP) is 3.02. The highest BCUT2D eigenvalue weighted by molar-refractivity contribution is 8.18. The van der Waals surface area contributed by atoms with E-state index in [2.05, 4.69) is 10.6 Å². The molecule has 2 N–H and O–H groups in total. The minimum atomic E-state index is -0.726. The van der Waals surface area contributed by atoms with Crippen molar-refractivity contribution in [3.8, 4) is 0 Å². The van der Waals surface area contributed by atoms with Crippen LogP contribution in [0, 0.1) is 0 Å². The topological polar surface area (TPSA) is 122 Å². The number of carbonyl (C=O) groups excluding carboxylic acids is 5. The zero-order chi connectivity index (χ0) is 23.1. The Morgan fingerprint density at radius 1 is 0.969 bits per heavy atom. The van der Waals surface area contributed by atoms with E-state index in [1.54, 1.807) is 37.3 Å². The number of benzene rings is 2. The van der Waals surface area contributed by atoms with E-state index in [9.17, 15) is 24.0 Å². The fourth-order valence-corrected chi connectivity index (χ4v) is 3.51. The first kappa shape index (κ1) is 22.8. The van der Waals surface area contributed by atoms with E-state index in [-0.39, 0.29) is 11.5 Å². The zero-order valence-electron chi connectivity index (χ0n) is 17.0. The fourth-order valence-electron chi connectivity index (χ4n) is 2.70. The molecule has 0 saturated carbocycles. The van der Waals surface area contributed by atoms with Crippen LogP contribution < -0.4 is 10.6 Å². The van der Waals surface area contributed by atoms with Gasteiger partial charge in [0.2, 0.25) is 11.8 Å². The Morgan fingerprint density at radius 3 is 2.28 bits per heavy atom. The van der Waals surface area contributed by atoms with Gasteiger partial charge in [-0.25, -0.2) is 4.79 Å². The van der Waals surface area contributed by atoms with E-state index in [1.807, 2.05) is 0 Å². The molecule has 1 aliphatic rings. The van der Waals surface area contributed by atoms with E-state index in [1.165, 1.54) is 24.3 Å². The maximum atomic E-state index is 12.5. The lowest BCUT2D eigenvalue weighted by atomic mass is 10.2. The molecule has 1 heterocycles. The van der Waals surface area contributed by atoms with Crippen LogP contribution in [0.4, 0.5) is 16.2 Å². The maximum Gasteiger partial charge on any atom is 0.338 e. The SMILES string of the molecule is CCOC(=O)c1ccc(NC(=O)CN2C(=O)S/C(=C\C(=O)Nc3ccccc3)C2=O)cc1. The standard InChI is InChI=1S/C22H19N3O6S/c1-2-31-21(29)14-8-10-16(11-9-14)24-19(27)13-25-20(28)17(32-22(25)30)12-18(26)23-15-6-4-3-5-7-15/h3-12H,2,13H2,1H3,(H,23,26)(H,24,27)/b17-12-. The summed E-state index contributed by atoms with van der Waals surface area (Å²) in [4.78, 5) is 61.4. The van der Waals surface area contributed by atoms with Gasteiger partial charge < -0.3 is 15.4 Å². The summed E-state index contributed by atoms with van der Waals surface area (Å²) in [6.45, 7) is 1.43. The van der Waals surface area contributed by atoms with Crippen LogP contribution in [-0.4, -0.2) is 47.0 Å². The van der Waals surface area contributed by atoms with Crippen molar-refractivity contribution >= 4 is 52.1 Å². The second kappa shape index (κ2) is 10.4. The first-order valence-electron chi connectivity index (χ1n) is 9.56. The van der Waals surface area contributed by atoms with Gasteiger partial charge in [0, 0.05) is 17.5 Å². The Bertz CT molecular complexity index is 1080. The zero-order valence-corrected chi connectivity index (χ0v) is 17.8. The highest BCUT2D eigenvalue weighted by Crippen LogP contribution is 2.30. The number of nitrogens with zero attached hydrogens (tertiary/aromatic N) is 1. The number of esters is 1. The molecule has 0 aromatic heterocycles. The van der Waals surface area contributed by atoms with Crippen LogP contribution in [0.25, 0.3) is 0 Å². The minimum Gasteiger partial charge on any atom is -0.462 e. The summed E-state index contributed by atoms with van der Waals surface area (Å²) >= 11 is 0.585. The molecule has 1 aliphatic heterocycles. The average Bonchev–Trinajstić information content (AvgIpc) is 3.02. The lowest BCUT2D eigenvalue weighted by Gasteiger charge is -2.12. The Morgan fingerprint density at radius 2 is 1.62 bits per heavy atom. The highest BCUT2D eigenvalue weighted by atomic mass is 32.2.